The van der Waals surface area contributed by atoms with Gasteiger partial charge in [0, 0.05) is 33.4 Å². The van der Waals surface area contributed by atoms with E-state index in [1.165, 1.54) is 0 Å². The zero-order valence-corrected chi connectivity index (χ0v) is 15.6. The Morgan fingerprint density at radius 3 is 2.96 bits per heavy atom. The fourth-order valence-electron chi connectivity index (χ4n) is 2.58. The quantitative estimate of drug-likeness (QED) is 0.407. The van der Waals surface area contributed by atoms with Crippen LogP contribution in [0.5, 0.6) is 5.75 Å². The van der Waals surface area contributed by atoms with Crippen LogP contribution in [-0.2, 0) is 16.0 Å². The van der Waals surface area contributed by atoms with Gasteiger partial charge in [0.15, 0.2) is 5.96 Å². The highest BCUT2D eigenvalue weighted by Gasteiger charge is 2.15. The van der Waals surface area contributed by atoms with E-state index in [0.29, 0.717) is 6.54 Å². The number of guanidine groups is 1. The standard InChI is InChI=1S/C19H31N3O3/c1-15(2)25-17-7-4-6-16(12-17)13-22-19(20-3)21-9-5-10-24-18-8-11-23-14-18/h4,6-7,12,15,18H,5,8-11,13-14H2,1-3H3,(H2,20,21,22). The summed E-state index contributed by atoms with van der Waals surface area (Å²) >= 11 is 0. The molecule has 0 aliphatic carbocycles. The monoisotopic (exact) mass is 349 g/mol. The molecule has 1 aliphatic heterocycles. The van der Waals surface area contributed by atoms with Crippen molar-refractivity contribution >= 4 is 5.96 Å². The van der Waals surface area contributed by atoms with Gasteiger partial charge in [0.1, 0.15) is 5.75 Å². The molecule has 1 saturated heterocycles. The van der Waals surface area contributed by atoms with Gasteiger partial charge in [-0.15, -0.1) is 0 Å². The number of nitrogens with one attached hydrogen (secondary N) is 2. The van der Waals surface area contributed by atoms with E-state index in [1.54, 1.807) is 7.05 Å². The summed E-state index contributed by atoms with van der Waals surface area (Å²) in [5.74, 6) is 1.68. The molecule has 1 heterocycles. The fraction of sp³-hybridized carbons (Fsp3) is 0.632. The molecule has 6 nitrogen and oxygen atoms in total. The van der Waals surface area contributed by atoms with Gasteiger partial charge in [-0.1, -0.05) is 12.1 Å². The Labute approximate surface area is 151 Å². The van der Waals surface area contributed by atoms with Gasteiger partial charge >= 0.3 is 0 Å². The molecular formula is C19H31N3O3. The molecule has 1 atom stereocenters. The summed E-state index contributed by atoms with van der Waals surface area (Å²) in [7, 11) is 1.78. The molecule has 2 rings (SSSR count). The Kier molecular flexibility index (Phi) is 8.55. The minimum absolute atomic E-state index is 0.177. The van der Waals surface area contributed by atoms with E-state index in [2.05, 4.69) is 27.8 Å². The molecule has 0 radical (unpaired) electrons. The van der Waals surface area contributed by atoms with E-state index in [4.69, 9.17) is 14.2 Å². The first-order chi connectivity index (χ1) is 12.2. The van der Waals surface area contributed by atoms with Crippen molar-refractivity contribution in [2.75, 3.05) is 33.4 Å². The number of rotatable bonds is 9. The van der Waals surface area contributed by atoms with E-state index in [0.717, 1.165) is 56.5 Å². The van der Waals surface area contributed by atoms with Crippen molar-refractivity contribution in [1.82, 2.24) is 10.6 Å². The van der Waals surface area contributed by atoms with E-state index in [-0.39, 0.29) is 12.2 Å². The molecule has 6 heteroatoms. The van der Waals surface area contributed by atoms with Gasteiger partial charge in [-0.2, -0.15) is 0 Å². The molecule has 1 aliphatic rings. The first-order valence-corrected chi connectivity index (χ1v) is 9.07. The highest BCUT2D eigenvalue weighted by atomic mass is 16.5. The Hall–Kier alpha value is -1.79. The Morgan fingerprint density at radius 1 is 1.36 bits per heavy atom. The van der Waals surface area contributed by atoms with Crippen molar-refractivity contribution in [3.8, 4) is 5.75 Å². The highest BCUT2D eigenvalue weighted by molar-refractivity contribution is 5.79. The van der Waals surface area contributed by atoms with Crippen LogP contribution in [0.3, 0.4) is 0 Å². The van der Waals surface area contributed by atoms with Crippen molar-refractivity contribution in [3.05, 3.63) is 29.8 Å². The fourth-order valence-corrected chi connectivity index (χ4v) is 2.58. The van der Waals surface area contributed by atoms with Crippen LogP contribution in [0.1, 0.15) is 32.3 Å². The third kappa shape index (κ3) is 7.75. The number of hydrogen-bond donors (Lipinski definition) is 2. The van der Waals surface area contributed by atoms with Crippen LogP contribution in [0.25, 0.3) is 0 Å². The van der Waals surface area contributed by atoms with Gasteiger partial charge in [-0.05, 0) is 44.4 Å². The number of nitrogens with zero attached hydrogens (tertiary/aromatic N) is 1. The van der Waals surface area contributed by atoms with Crippen LogP contribution in [0.2, 0.25) is 0 Å². The van der Waals surface area contributed by atoms with E-state index in [1.807, 2.05) is 26.0 Å². The van der Waals surface area contributed by atoms with Crippen molar-refractivity contribution < 1.29 is 14.2 Å². The Morgan fingerprint density at radius 2 is 2.24 bits per heavy atom. The molecule has 0 aromatic heterocycles. The summed E-state index contributed by atoms with van der Waals surface area (Å²) in [5.41, 5.74) is 1.16. The second kappa shape index (κ2) is 10.9. The summed E-state index contributed by atoms with van der Waals surface area (Å²) in [5, 5.41) is 6.63. The molecule has 0 saturated carbocycles. The Bertz CT molecular complexity index is 528. The third-order valence-electron chi connectivity index (χ3n) is 3.81. The van der Waals surface area contributed by atoms with Crippen molar-refractivity contribution in [1.29, 1.82) is 0 Å². The first kappa shape index (κ1) is 19.5. The first-order valence-electron chi connectivity index (χ1n) is 9.07. The molecule has 140 valence electrons. The second-order valence-corrected chi connectivity index (χ2v) is 6.38. The van der Waals surface area contributed by atoms with Crippen LogP contribution in [0.4, 0.5) is 0 Å². The molecule has 0 bridgehead atoms. The van der Waals surface area contributed by atoms with Crippen LogP contribution in [0, 0.1) is 0 Å². The zero-order valence-electron chi connectivity index (χ0n) is 15.6. The molecular weight excluding hydrogens is 318 g/mol. The smallest absolute Gasteiger partial charge is 0.191 e. The summed E-state index contributed by atoms with van der Waals surface area (Å²) in [6.45, 7) is 7.88. The number of benzene rings is 1. The van der Waals surface area contributed by atoms with Gasteiger partial charge in [-0.25, -0.2) is 0 Å². The second-order valence-electron chi connectivity index (χ2n) is 6.38. The molecule has 1 unspecified atom stereocenters. The van der Waals surface area contributed by atoms with Crippen molar-refractivity contribution in [2.24, 2.45) is 4.99 Å². The maximum atomic E-state index is 5.75. The maximum absolute atomic E-state index is 5.75. The number of ether oxygens (including phenoxy) is 3. The predicted octanol–water partition coefficient (Wildman–Crippen LogP) is 2.33. The normalized spacial score (nSPS) is 17.8. The molecule has 0 amide bonds. The van der Waals surface area contributed by atoms with E-state index in [9.17, 15) is 0 Å². The molecule has 25 heavy (non-hydrogen) atoms. The zero-order chi connectivity index (χ0) is 17.9. The molecule has 1 fully saturated rings. The number of aliphatic imine (C=N–C) groups is 1. The van der Waals surface area contributed by atoms with Crippen LogP contribution < -0.4 is 15.4 Å². The van der Waals surface area contributed by atoms with Gasteiger partial charge in [0.25, 0.3) is 0 Å². The van der Waals surface area contributed by atoms with Crippen molar-refractivity contribution in [3.63, 3.8) is 0 Å². The molecule has 2 N–H and O–H groups in total. The third-order valence-corrected chi connectivity index (χ3v) is 3.81. The molecule has 1 aromatic carbocycles. The Balaban J connectivity index is 1.64. The molecule has 1 aromatic rings. The van der Waals surface area contributed by atoms with Crippen molar-refractivity contribution in [2.45, 2.75) is 45.4 Å². The predicted molar refractivity (Wildman–Crippen MR) is 100 cm³/mol. The van der Waals surface area contributed by atoms with Crippen LogP contribution in [0.15, 0.2) is 29.3 Å². The number of hydrogen-bond acceptors (Lipinski definition) is 4. The maximum Gasteiger partial charge on any atom is 0.191 e. The van der Waals surface area contributed by atoms with Gasteiger partial charge in [0.2, 0.25) is 0 Å². The van der Waals surface area contributed by atoms with Crippen LogP contribution in [-0.4, -0.2) is 51.6 Å². The lowest BCUT2D eigenvalue weighted by Crippen LogP contribution is -2.37. The summed E-state index contributed by atoms with van der Waals surface area (Å²) in [6.07, 6.45) is 2.40. The lowest BCUT2D eigenvalue weighted by atomic mass is 10.2. The summed E-state index contributed by atoms with van der Waals surface area (Å²) < 4.78 is 16.8. The summed E-state index contributed by atoms with van der Waals surface area (Å²) in [4.78, 5) is 4.25. The molecule has 0 spiro atoms. The summed E-state index contributed by atoms with van der Waals surface area (Å²) in [6, 6.07) is 8.11. The average molecular weight is 349 g/mol. The average Bonchev–Trinajstić information content (AvgIpc) is 3.10. The minimum atomic E-state index is 0.177. The van der Waals surface area contributed by atoms with Gasteiger partial charge in [0.05, 0.1) is 18.8 Å². The lowest BCUT2D eigenvalue weighted by Gasteiger charge is -2.14. The van der Waals surface area contributed by atoms with Gasteiger partial charge in [-0.3, -0.25) is 4.99 Å². The van der Waals surface area contributed by atoms with Crippen LogP contribution >= 0.6 is 0 Å². The largest absolute Gasteiger partial charge is 0.491 e. The lowest BCUT2D eigenvalue weighted by molar-refractivity contribution is 0.0420. The minimum Gasteiger partial charge on any atom is -0.491 e. The SMILES string of the molecule is CN=C(NCCCOC1CCOC1)NCc1cccc(OC(C)C)c1. The highest BCUT2D eigenvalue weighted by Crippen LogP contribution is 2.14. The van der Waals surface area contributed by atoms with E-state index < -0.39 is 0 Å². The topological polar surface area (TPSA) is 64.1 Å². The van der Waals surface area contributed by atoms with Gasteiger partial charge < -0.3 is 24.8 Å². The van der Waals surface area contributed by atoms with E-state index >= 15 is 0 Å².